The van der Waals surface area contributed by atoms with Crippen molar-refractivity contribution < 1.29 is 4.74 Å². The van der Waals surface area contributed by atoms with Crippen molar-refractivity contribution in [1.82, 2.24) is 25.4 Å². The highest BCUT2D eigenvalue weighted by Crippen LogP contribution is 2.19. The Balaban J connectivity index is 0.00000300. The number of ether oxygens (including phenoxy) is 1. The van der Waals surface area contributed by atoms with Gasteiger partial charge in [-0.1, -0.05) is 6.07 Å². The molecule has 2 fully saturated rings. The molecule has 0 saturated carbocycles. The smallest absolute Gasteiger partial charge is 0.191 e. The highest BCUT2D eigenvalue weighted by Gasteiger charge is 2.18. The van der Waals surface area contributed by atoms with Gasteiger partial charge in [-0.15, -0.1) is 24.0 Å². The lowest BCUT2D eigenvalue weighted by atomic mass is 10.2. The Hall–Kier alpha value is -1.17. The standard InChI is InChI=1S/C20H35N7O.HI/c1-3-21-20(23-7-8-26-13-15-28-16-14-26)24-17-18-5-4-6-22-19(18)27-11-9-25(2)10-12-27;/h4-6H,3,7-17H2,1-2H3,(H2,21,23,24);1H. The number of nitrogens with one attached hydrogen (secondary N) is 2. The van der Waals surface area contributed by atoms with Crippen molar-refractivity contribution in [2.75, 3.05) is 84.1 Å². The molecule has 0 aliphatic carbocycles. The second-order valence-electron chi connectivity index (χ2n) is 7.35. The fraction of sp³-hybridized carbons (Fsp3) is 0.700. The Kier molecular flexibility index (Phi) is 11.0. The van der Waals surface area contributed by atoms with E-state index < -0.39 is 0 Å². The second-order valence-corrected chi connectivity index (χ2v) is 7.35. The van der Waals surface area contributed by atoms with Crippen molar-refractivity contribution in [3.63, 3.8) is 0 Å². The Morgan fingerprint density at radius 3 is 2.62 bits per heavy atom. The van der Waals surface area contributed by atoms with E-state index >= 15 is 0 Å². The van der Waals surface area contributed by atoms with E-state index in [2.05, 4.69) is 50.4 Å². The maximum absolute atomic E-state index is 5.41. The third-order valence-corrected chi connectivity index (χ3v) is 5.25. The van der Waals surface area contributed by atoms with E-state index in [9.17, 15) is 0 Å². The molecule has 2 aliphatic rings. The van der Waals surface area contributed by atoms with E-state index in [-0.39, 0.29) is 24.0 Å². The van der Waals surface area contributed by atoms with E-state index in [1.165, 1.54) is 5.56 Å². The van der Waals surface area contributed by atoms with Crippen LogP contribution in [0.2, 0.25) is 0 Å². The zero-order chi connectivity index (χ0) is 19.6. The molecule has 8 nitrogen and oxygen atoms in total. The first-order chi connectivity index (χ1) is 13.8. The van der Waals surface area contributed by atoms with E-state index in [1.54, 1.807) is 0 Å². The number of hydrogen-bond acceptors (Lipinski definition) is 6. The Morgan fingerprint density at radius 2 is 1.90 bits per heavy atom. The van der Waals surface area contributed by atoms with Crippen LogP contribution in [-0.2, 0) is 11.3 Å². The van der Waals surface area contributed by atoms with Crippen LogP contribution in [0.4, 0.5) is 5.82 Å². The van der Waals surface area contributed by atoms with Crippen LogP contribution < -0.4 is 15.5 Å². The van der Waals surface area contributed by atoms with Crippen molar-refractivity contribution >= 4 is 35.8 Å². The summed E-state index contributed by atoms with van der Waals surface area (Å²) in [6, 6.07) is 4.14. The number of aromatic nitrogens is 1. The van der Waals surface area contributed by atoms with Gasteiger partial charge in [0, 0.05) is 70.7 Å². The van der Waals surface area contributed by atoms with Crippen LogP contribution in [0.15, 0.2) is 23.3 Å². The normalized spacial score (nSPS) is 19.0. The van der Waals surface area contributed by atoms with Crippen LogP contribution in [0.25, 0.3) is 0 Å². The molecule has 2 saturated heterocycles. The summed E-state index contributed by atoms with van der Waals surface area (Å²) in [6.45, 7) is 13.3. The monoisotopic (exact) mass is 517 g/mol. The molecule has 2 aliphatic heterocycles. The SMILES string of the molecule is CCNC(=NCc1cccnc1N1CCN(C)CC1)NCCN1CCOCC1.I. The molecule has 0 atom stereocenters. The lowest BCUT2D eigenvalue weighted by Crippen LogP contribution is -2.45. The predicted molar refractivity (Wildman–Crippen MR) is 129 cm³/mol. The minimum absolute atomic E-state index is 0. The highest BCUT2D eigenvalue weighted by atomic mass is 127. The number of likely N-dealkylation sites (N-methyl/N-ethyl adjacent to an activating group) is 1. The summed E-state index contributed by atoms with van der Waals surface area (Å²) in [5, 5.41) is 6.81. The van der Waals surface area contributed by atoms with Gasteiger partial charge in [-0.05, 0) is 20.0 Å². The zero-order valence-corrected chi connectivity index (χ0v) is 20.1. The van der Waals surface area contributed by atoms with Crippen LogP contribution in [0.1, 0.15) is 12.5 Å². The molecular formula is C20H36IN7O. The molecule has 29 heavy (non-hydrogen) atoms. The number of rotatable bonds is 7. The summed E-state index contributed by atoms with van der Waals surface area (Å²) >= 11 is 0. The number of guanidine groups is 1. The van der Waals surface area contributed by atoms with Crippen molar-refractivity contribution in [3.8, 4) is 0 Å². The molecule has 3 heterocycles. The van der Waals surface area contributed by atoms with Gasteiger partial charge >= 0.3 is 0 Å². The van der Waals surface area contributed by atoms with Crippen molar-refractivity contribution in [2.45, 2.75) is 13.5 Å². The Bertz CT molecular complexity index is 617. The van der Waals surface area contributed by atoms with Crippen molar-refractivity contribution in [3.05, 3.63) is 23.9 Å². The molecule has 2 N–H and O–H groups in total. The topological polar surface area (TPSA) is 68.3 Å². The number of piperazine rings is 1. The summed E-state index contributed by atoms with van der Waals surface area (Å²) in [7, 11) is 2.17. The average molecular weight is 517 g/mol. The Morgan fingerprint density at radius 1 is 1.14 bits per heavy atom. The molecule has 1 aromatic rings. The van der Waals surface area contributed by atoms with E-state index in [0.717, 1.165) is 83.9 Å². The summed E-state index contributed by atoms with van der Waals surface area (Å²) in [5.41, 5.74) is 1.18. The molecule has 1 aromatic heterocycles. The first-order valence-corrected chi connectivity index (χ1v) is 10.5. The predicted octanol–water partition coefficient (Wildman–Crippen LogP) is 0.839. The average Bonchev–Trinajstić information content (AvgIpc) is 2.74. The molecule has 0 radical (unpaired) electrons. The lowest BCUT2D eigenvalue weighted by Gasteiger charge is -2.34. The molecule has 0 bridgehead atoms. The molecule has 0 unspecified atom stereocenters. The molecule has 0 spiro atoms. The van der Waals surface area contributed by atoms with Crippen LogP contribution in [-0.4, -0.2) is 99.9 Å². The van der Waals surface area contributed by atoms with Crippen LogP contribution in [0.5, 0.6) is 0 Å². The van der Waals surface area contributed by atoms with Crippen molar-refractivity contribution in [2.24, 2.45) is 4.99 Å². The number of hydrogen-bond donors (Lipinski definition) is 2. The first-order valence-electron chi connectivity index (χ1n) is 10.5. The van der Waals surface area contributed by atoms with Crippen LogP contribution in [0, 0.1) is 0 Å². The Labute approximate surface area is 192 Å². The maximum atomic E-state index is 5.41. The van der Waals surface area contributed by atoms with Gasteiger partial charge in [-0.25, -0.2) is 9.98 Å². The highest BCUT2D eigenvalue weighted by molar-refractivity contribution is 14.0. The molecule has 0 aromatic carbocycles. The number of anilines is 1. The van der Waals surface area contributed by atoms with Gasteiger partial charge in [0.1, 0.15) is 5.82 Å². The second kappa shape index (κ2) is 13.2. The number of morpholine rings is 1. The van der Waals surface area contributed by atoms with Gasteiger partial charge in [0.25, 0.3) is 0 Å². The fourth-order valence-electron chi connectivity index (χ4n) is 3.52. The third kappa shape index (κ3) is 7.88. The number of nitrogens with zero attached hydrogens (tertiary/aromatic N) is 5. The van der Waals surface area contributed by atoms with E-state index in [0.29, 0.717) is 6.54 Å². The number of aliphatic imine (C=N–C) groups is 1. The molecular weight excluding hydrogens is 481 g/mol. The lowest BCUT2D eigenvalue weighted by molar-refractivity contribution is 0.0389. The van der Waals surface area contributed by atoms with Crippen LogP contribution in [0.3, 0.4) is 0 Å². The number of halogens is 1. The van der Waals surface area contributed by atoms with E-state index in [4.69, 9.17) is 9.73 Å². The van der Waals surface area contributed by atoms with Gasteiger partial charge in [-0.2, -0.15) is 0 Å². The van der Waals surface area contributed by atoms with Gasteiger partial charge in [0.2, 0.25) is 0 Å². The zero-order valence-electron chi connectivity index (χ0n) is 17.8. The fourth-order valence-corrected chi connectivity index (χ4v) is 3.52. The third-order valence-electron chi connectivity index (χ3n) is 5.25. The first kappa shape index (κ1) is 24.1. The summed E-state index contributed by atoms with van der Waals surface area (Å²) < 4.78 is 5.41. The van der Waals surface area contributed by atoms with Crippen molar-refractivity contribution in [1.29, 1.82) is 0 Å². The molecule has 164 valence electrons. The van der Waals surface area contributed by atoms with Gasteiger partial charge in [0.15, 0.2) is 5.96 Å². The van der Waals surface area contributed by atoms with Gasteiger partial charge in [-0.3, -0.25) is 4.90 Å². The van der Waals surface area contributed by atoms with Gasteiger partial charge < -0.3 is 25.2 Å². The summed E-state index contributed by atoms with van der Waals surface area (Å²) in [4.78, 5) is 16.6. The number of pyridine rings is 1. The quantitative estimate of drug-likeness (QED) is 0.316. The van der Waals surface area contributed by atoms with E-state index in [1.807, 2.05) is 12.3 Å². The molecule has 0 amide bonds. The van der Waals surface area contributed by atoms with Crippen LogP contribution >= 0.6 is 24.0 Å². The largest absolute Gasteiger partial charge is 0.379 e. The molecule has 9 heteroatoms. The maximum Gasteiger partial charge on any atom is 0.191 e. The minimum atomic E-state index is 0. The summed E-state index contributed by atoms with van der Waals surface area (Å²) in [6.07, 6.45) is 1.88. The molecule has 3 rings (SSSR count). The minimum Gasteiger partial charge on any atom is -0.379 e. The summed E-state index contributed by atoms with van der Waals surface area (Å²) in [5.74, 6) is 1.94. The van der Waals surface area contributed by atoms with Gasteiger partial charge in [0.05, 0.1) is 19.8 Å².